The Balaban J connectivity index is 1.81. The van der Waals surface area contributed by atoms with Gasteiger partial charge in [-0.3, -0.25) is 9.78 Å². The molecule has 3 aromatic rings. The Bertz CT molecular complexity index is 909. The number of pyridine rings is 1. The molecule has 0 spiro atoms. The zero-order chi connectivity index (χ0) is 18.5. The molecule has 0 aliphatic heterocycles. The summed E-state index contributed by atoms with van der Waals surface area (Å²) in [6, 6.07) is 3.39. The fourth-order valence-electron chi connectivity index (χ4n) is 2.86. The van der Waals surface area contributed by atoms with Crippen molar-refractivity contribution in [1.29, 1.82) is 0 Å². The number of carbonyl (C=O) groups excluding carboxylic acids is 1. The van der Waals surface area contributed by atoms with Gasteiger partial charge < -0.3 is 25.1 Å². The quantitative estimate of drug-likeness (QED) is 0.495. The number of nitrogens with two attached hydrogens (primary N) is 1. The van der Waals surface area contributed by atoms with Gasteiger partial charge in [-0.1, -0.05) is 0 Å². The van der Waals surface area contributed by atoms with E-state index in [1.165, 1.54) is 7.11 Å². The second-order valence-corrected chi connectivity index (χ2v) is 5.69. The highest BCUT2D eigenvalue weighted by molar-refractivity contribution is 6.12. The number of amides is 1. The molecule has 2 heterocycles. The van der Waals surface area contributed by atoms with Crippen LogP contribution in [0.2, 0.25) is 0 Å². The molecule has 3 N–H and O–H groups in total. The Morgan fingerprint density at radius 1 is 1.31 bits per heavy atom. The number of aryl methyl sites for hydroxylation is 1. The van der Waals surface area contributed by atoms with Gasteiger partial charge in [0.2, 0.25) is 0 Å². The van der Waals surface area contributed by atoms with Crippen molar-refractivity contribution in [3.05, 3.63) is 42.7 Å². The summed E-state index contributed by atoms with van der Waals surface area (Å²) in [5.74, 6) is 0.754. The van der Waals surface area contributed by atoms with Gasteiger partial charge in [0.15, 0.2) is 11.5 Å². The fourth-order valence-corrected chi connectivity index (χ4v) is 2.86. The van der Waals surface area contributed by atoms with Crippen molar-refractivity contribution < 1.29 is 14.3 Å². The van der Waals surface area contributed by atoms with Crippen LogP contribution in [0.3, 0.4) is 0 Å². The lowest BCUT2D eigenvalue weighted by Crippen LogP contribution is -2.26. The Morgan fingerprint density at radius 3 is 2.85 bits per heavy atom. The molecule has 8 nitrogen and oxygen atoms in total. The van der Waals surface area contributed by atoms with E-state index in [1.807, 2.05) is 10.8 Å². The van der Waals surface area contributed by atoms with E-state index < -0.39 is 0 Å². The maximum atomic E-state index is 12.6. The van der Waals surface area contributed by atoms with Crippen LogP contribution in [0.25, 0.3) is 10.8 Å². The van der Waals surface area contributed by atoms with Gasteiger partial charge in [0.05, 0.1) is 20.5 Å². The molecule has 1 amide bonds. The normalized spacial score (nSPS) is 10.7. The van der Waals surface area contributed by atoms with Crippen LogP contribution in [0.4, 0.5) is 5.69 Å². The average Bonchev–Trinajstić information content (AvgIpc) is 3.17. The summed E-state index contributed by atoms with van der Waals surface area (Å²) in [5.41, 5.74) is 6.83. The Labute approximate surface area is 150 Å². The van der Waals surface area contributed by atoms with Crippen molar-refractivity contribution in [3.63, 3.8) is 0 Å². The number of imidazole rings is 1. The highest BCUT2D eigenvalue weighted by Crippen LogP contribution is 2.39. The predicted molar refractivity (Wildman–Crippen MR) is 98.4 cm³/mol. The SMILES string of the molecule is COc1cc(N)c2c(C(=O)NCCCn3ccnc3)nccc2c1OC. The van der Waals surface area contributed by atoms with Crippen molar-refractivity contribution in [1.82, 2.24) is 19.9 Å². The molecule has 0 aliphatic rings. The van der Waals surface area contributed by atoms with Gasteiger partial charge >= 0.3 is 0 Å². The number of hydrogen-bond acceptors (Lipinski definition) is 6. The lowest BCUT2D eigenvalue weighted by molar-refractivity contribution is 0.0949. The highest BCUT2D eigenvalue weighted by Gasteiger charge is 2.19. The van der Waals surface area contributed by atoms with Crippen LogP contribution in [0.1, 0.15) is 16.9 Å². The molecule has 136 valence electrons. The standard InChI is InChI=1S/C18H21N5O3/c1-25-14-10-13(19)15-12(17(14)26-2)4-6-21-16(15)18(24)22-5-3-8-23-9-7-20-11-23/h4,6-7,9-11H,3,5,8,19H2,1-2H3,(H,22,24). The van der Waals surface area contributed by atoms with Crippen molar-refractivity contribution in [2.24, 2.45) is 0 Å². The number of aromatic nitrogens is 3. The van der Waals surface area contributed by atoms with Crippen LogP contribution < -0.4 is 20.5 Å². The van der Waals surface area contributed by atoms with Crippen molar-refractivity contribution >= 4 is 22.4 Å². The van der Waals surface area contributed by atoms with Gasteiger partial charge in [0.25, 0.3) is 5.91 Å². The van der Waals surface area contributed by atoms with E-state index in [9.17, 15) is 4.79 Å². The van der Waals surface area contributed by atoms with Crippen LogP contribution in [-0.4, -0.2) is 41.2 Å². The molecule has 1 aromatic carbocycles. The Morgan fingerprint density at radius 2 is 2.15 bits per heavy atom. The highest BCUT2D eigenvalue weighted by atomic mass is 16.5. The lowest BCUT2D eigenvalue weighted by atomic mass is 10.1. The Kier molecular flexibility index (Phi) is 5.21. The van der Waals surface area contributed by atoms with E-state index in [1.54, 1.807) is 38.0 Å². The number of nitrogen functional groups attached to an aromatic ring is 1. The second-order valence-electron chi connectivity index (χ2n) is 5.69. The first-order chi connectivity index (χ1) is 12.7. The number of benzene rings is 1. The summed E-state index contributed by atoms with van der Waals surface area (Å²) in [7, 11) is 3.09. The first-order valence-electron chi connectivity index (χ1n) is 8.18. The zero-order valence-electron chi connectivity index (χ0n) is 14.7. The van der Waals surface area contributed by atoms with Gasteiger partial charge in [0, 0.05) is 54.2 Å². The van der Waals surface area contributed by atoms with E-state index in [0.717, 1.165) is 13.0 Å². The third kappa shape index (κ3) is 3.39. The molecule has 0 radical (unpaired) electrons. The second kappa shape index (κ2) is 7.73. The number of anilines is 1. The summed E-state index contributed by atoms with van der Waals surface area (Å²) in [5, 5.41) is 4.12. The molecule has 0 saturated heterocycles. The average molecular weight is 355 g/mol. The van der Waals surface area contributed by atoms with Gasteiger partial charge in [-0.25, -0.2) is 4.98 Å². The molecular formula is C18H21N5O3. The van der Waals surface area contributed by atoms with Crippen LogP contribution >= 0.6 is 0 Å². The van der Waals surface area contributed by atoms with Crippen molar-refractivity contribution in [3.8, 4) is 11.5 Å². The number of ether oxygens (including phenoxy) is 2. The molecule has 0 saturated carbocycles. The molecule has 0 bridgehead atoms. The monoisotopic (exact) mass is 355 g/mol. The lowest BCUT2D eigenvalue weighted by Gasteiger charge is -2.15. The molecule has 0 unspecified atom stereocenters. The van der Waals surface area contributed by atoms with Crippen LogP contribution in [-0.2, 0) is 6.54 Å². The van der Waals surface area contributed by atoms with Gasteiger partial charge in [-0.15, -0.1) is 0 Å². The minimum Gasteiger partial charge on any atom is -0.493 e. The first-order valence-corrected chi connectivity index (χ1v) is 8.18. The van der Waals surface area contributed by atoms with E-state index >= 15 is 0 Å². The minimum atomic E-state index is -0.278. The van der Waals surface area contributed by atoms with Crippen molar-refractivity contribution in [2.75, 3.05) is 26.5 Å². The summed E-state index contributed by atoms with van der Waals surface area (Å²) in [6.07, 6.45) is 7.69. The van der Waals surface area contributed by atoms with Crippen LogP contribution in [0, 0.1) is 0 Å². The van der Waals surface area contributed by atoms with Crippen molar-refractivity contribution in [2.45, 2.75) is 13.0 Å². The molecule has 0 atom stereocenters. The number of carbonyl (C=O) groups is 1. The molecule has 0 aliphatic carbocycles. The number of methoxy groups -OCH3 is 2. The van der Waals surface area contributed by atoms with Gasteiger partial charge in [-0.2, -0.15) is 0 Å². The fraction of sp³-hybridized carbons (Fsp3) is 0.278. The largest absolute Gasteiger partial charge is 0.493 e. The number of nitrogens with one attached hydrogen (secondary N) is 1. The van der Waals surface area contributed by atoms with E-state index in [0.29, 0.717) is 34.5 Å². The zero-order valence-corrected chi connectivity index (χ0v) is 14.7. The van der Waals surface area contributed by atoms with Gasteiger partial charge in [-0.05, 0) is 12.5 Å². The number of nitrogens with zero attached hydrogens (tertiary/aromatic N) is 3. The summed E-state index contributed by atoms with van der Waals surface area (Å²) < 4.78 is 12.7. The molecule has 2 aromatic heterocycles. The minimum absolute atomic E-state index is 0.267. The molecule has 26 heavy (non-hydrogen) atoms. The maximum absolute atomic E-state index is 12.6. The first kappa shape index (κ1) is 17.5. The molecule has 0 fully saturated rings. The summed E-state index contributed by atoms with van der Waals surface area (Å²) in [6.45, 7) is 1.29. The summed E-state index contributed by atoms with van der Waals surface area (Å²) in [4.78, 5) is 20.8. The van der Waals surface area contributed by atoms with Crippen LogP contribution in [0.5, 0.6) is 11.5 Å². The third-order valence-electron chi connectivity index (χ3n) is 4.07. The molecule has 8 heteroatoms. The maximum Gasteiger partial charge on any atom is 0.270 e. The Hall–Kier alpha value is -3.29. The number of fused-ring (bicyclic) bond motifs is 1. The van der Waals surface area contributed by atoms with E-state index in [2.05, 4.69) is 15.3 Å². The number of rotatable bonds is 7. The van der Waals surface area contributed by atoms with E-state index in [-0.39, 0.29) is 11.6 Å². The molecular weight excluding hydrogens is 334 g/mol. The molecule has 3 rings (SSSR count). The topological polar surface area (TPSA) is 104 Å². The predicted octanol–water partition coefficient (Wildman–Crippen LogP) is 1.85. The summed E-state index contributed by atoms with van der Waals surface area (Å²) >= 11 is 0. The smallest absolute Gasteiger partial charge is 0.270 e. The third-order valence-corrected chi connectivity index (χ3v) is 4.07. The van der Waals surface area contributed by atoms with Gasteiger partial charge in [0.1, 0.15) is 5.69 Å². The van der Waals surface area contributed by atoms with Crippen LogP contribution in [0.15, 0.2) is 37.1 Å². The number of hydrogen-bond donors (Lipinski definition) is 2. The van der Waals surface area contributed by atoms with E-state index in [4.69, 9.17) is 15.2 Å².